The van der Waals surface area contributed by atoms with Crippen LogP contribution in [0.3, 0.4) is 0 Å². The lowest BCUT2D eigenvalue weighted by Gasteiger charge is -2.38. The summed E-state index contributed by atoms with van der Waals surface area (Å²) in [5.74, 6) is -0.00835. The average molecular weight is 318 g/mol. The van der Waals surface area contributed by atoms with Crippen molar-refractivity contribution in [2.24, 2.45) is 0 Å². The van der Waals surface area contributed by atoms with Crippen LogP contribution in [-0.2, 0) is 11.2 Å². The van der Waals surface area contributed by atoms with E-state index in [2.05, 4.69) is 9.80 Å². The van der Waals surface area contributed by atoms with Gasteiger partial charge in [0, 0.05) is 19.1 Å². The van der Waals surface area contributed by atoms with Gasteiger partial charge in [-0.05, 0) is 69.3 Å². The zero-order valence-electron chi connectivity index (χ0n) is 14.1. The van der Waals surface area contributed by atoms with Gasteiger partial charge in [-0.2, -0.15) is 0 Å². The maximum absolute atomic E-state index is 13.4. The highest BCUT2D eigenvalue weighted by Crippen LogP contribution is 2.21. The Labute approximate surface area is 138 Å². The second kappa shape index (κ2) is 7.43. The van der Waals surface area contributed by atoms with Crippen LogP contribution in [0.2, 0.25) is 0 Å². The number of carbonyl (C=O) groups excluding carboxylic acids is 1. The molecule has 23 heavy (non-hydrogen) atoms. The number of piperidine rings is 1. The highest BCUT2D eigenvalue weighted by Gasteiger charge is 2.28. The molecule has 0 spiro atoms. The molecule has 0 N–H and O–H groups in total. The van der Waals surface area contributed by atoms with Crippen molar-refractivity contribution in [3.63, 3.8) is 0 Å². The fourth-order valence-corrected chi connectivity index (χ4v) is 3.87. The van der Waals surface area contributed by atoms with Gasteiger partial charge in [-0.15, -0.1) is 0 Å². The molecule has 126 valence electrons. The van der Waals surface area contributed by atoms with E-state index in [-0.39, 0.29) is 11.7 Å². The first-order valence-corrected chi connectivity index (χ1v) is 8.90. The van der Waals surface area contributed by atoms with Crippen LogP contribution in [0.1, 0.15) is 43.2 Å². The summed E-state index contributed by atoms with van der Waals surface area (Å²) in [4.78, 5) is 17.3. The molecule has 0 aromatic heterocycles. The largest absolute Gasteiger partial charge is 0.338 e. The van der Waals surface area contributed by atoms with Gasteiger partial charge in [0.05, 0.1) is 6.42 Å². The van der Waals surface area contributed by atoms with Gasteiger partial charge in [0.15, 0.2) is 0 Å². The number of benzene rings is 1. The fraction of sp³-hybridized carbons (Fsp3) is 0.632. The second-order valence-corrected chi connectivity index (χ2v) is 7.00. The van der Waals surface area contributed by atoms with Gasteiger partial charge in [-0.3, -0.25) is 4.79 Å². The smallest absolute Gasteiger partial charge is 0.227 e. The molecule has 0 bridgehead atoms. The lowest BCUT2D eigenvalue weighted by atomic mass is 10.00. The van der Waals surface area contributed by atoms with Gasteiger partial charge in [0.25, 0.3) is 0 Å². The lowest BCUT2D eigenvalue weighted by molar-refractivity contribution is -0.134. The highest BCUT2D eigenvalue weighted by molar-refractivity contribution is 5.79. The van der Waals surface area contributed by atoms with Crippen molar-refractivity contribution in [3.05, 3.63) is 35.1 Å². The van der Waals surface area contributed by atoms with Gasteiger partial charge in [0.2, 0.25) is 5.91 Å². The van der Waals surface area contributed by atoms with Gasteiger partial charge < -0.3 is 9.80 Å². The van der Waals surface area contributed by atoms with Crippen LogP contribution < -0.4 is 0 Å². The fourth-order valence-electron chi connectivity index (χ4n) is 3.87. The van der Waals surface area contributed by atoms with Gasteiger partial charge >= 0.3 is 0 Å². The SMILES string of the molecule is Cc1cc(CC(=O)N2CCCCC2CN2CCCC2)ccc1F. The zero-order chi connectivity index (χ0) is 16.2. The van der Waals surface area contributed by atoms with Gasteiger partial charge in [-0.1, -0.05) is 12.1 Å². The molecule has 4 heteroatoms. The number of halogens is 1. The topological polar surface area (TPSA) is 23.6 Å². The number of nitrogens with zero attached hydrogens (tertiary/aromatic N) is 2. The maximum Gasteiger partial charge on any atom is 0.227 e. The monoisotopic (exact) mass is 318 g/mol. The molecule has 0 saturated carbocycles. The van der Waals surface area contributed by atoms with Crippen molar-refractivity contribution in [1.29, 1.82) is 0 Å². The predicted octanol–water partition coefficient (Wildman–Crippen LogP) is 3.15. The third-order valence-electron chi connectivity index (χ3n) is 5.19. The Morgan fingerprint density at radius 3 is 2.65 bits per heavy atom. The first-order chi connectivity index (χ1) is 11.1. The molecule has 3 rings (SSSR count). The quantitative estimate of drug-likeness (QED) is 0.851. The minimum absolute atomic E-state index is 0.194. The molecular weight excluding hydrogens is 291 g/mol. The van der Waals surface area contributed by atoms with Crippen molar-refractivity contribution >= 4 is 5.91 Å². The van der Waals surface area contributed by atoms with E-state index in [4.69, 9.17) is 0 Å². The van der Waals surface area contributed by atoms with Crippen LogP contribution in [0.5, 0.6) is 0 Å². The number of likely N-dealkylation sites (tertiary alicyclic amines) is 2. The van der Waals surface area contributed by atoms with E-state index in [1.54, 1.807) is 19.1 Å². The van der Waals surface area contributed by atoms with Gasteiger partial charge in [-0.25, -0.2) is 4.39 Å². The van der Waals surface area contributed by atoms with Gasteiger partial charge in [0.1, 0.15) is 5.82 Å². The lowest BCUT2D eigenvalue weighted by Crippen LogP contribution is -2.49. The number of carbonyl (C=O) groups is 1. The standard InChI is InChI=1S/C19H27FN2O/c1-15-12-16(7-8-18(15)20)13-19(23)22-11-3-2-6-17(22)14-21-9-4-5-10-21/h7-8,12,17H,2-6,9-11,13-14H2,1H3. The Morgan fingerprint density at radius 2 is 1.91 bits per heavy atom. The molecule has 2 fully saturated rings. The van der Waals surface area contributed by atoms with Crippen LogP contribution in [0.25, 0.3) is 0 Å². The summed E-state index contributed by atoms with van der Waals surface area (Å²) >= 11 is 0. The van der Waals surface area contributed by atoms with Crippen molar-refractivity contribution in [3.8, 4) is 0 Å². The van der Waals surface area contributed by atoms with Crippen LogP contribution >= 0.6 is 0 Å². The molecule has 0 radical (unpaired) electrons. The Morgan fingerprint density at radius 1 is 1.17 bits per heavy atom. The predicted molar refractivity (Wildman–Crippen MR) is 89.9 cm³/mol. The molecule has 1 atom stereocenters. The molecule has 2 heterocycles. The molecule has 3 nitrogen and oxygen atoms in total. The molecule has 2 aliphatic rings. The summed E-state index contributed by atoms with van der Waals surface area (Å²) in [6, 6.07) is 5.36. The number of hydrogen-bond acceptors (Lipinski definition) is 2. The molecule has 2 aliphatic heterocycles. The molecule has 1 amide bonds. The second-order valence-electron chi connectivity index (χ2n) is 7.00. The summed E-state index contributed by atoms with van der Waals surface area (Å²) in [7, 11) is 0. The van der Waals surface area contributed by atoms with E-state index in [0.717, 1.165) is 31.5 Å². The Kier molecular flexibility index (Phi) is 5.31. The molecular formula is C19H27FN2O. The minimum Gasteiger partial charge on any atom is -0.338 e. The van der Waals surface area contributed by atoms with Crippen LogP contribution in [0.4, 0.5) is 4.39 Å². The summed E-state index contributed by atoms with van der Waals surface area (Å²) < 4.78 is 13.4. The third-order valence-corrected chi connectivity index (χ3v) is 5.19. The van der Waals surface area contributed by atoms with Crippen LogP contribution in [-0.4, -0.2) is 47.9 Å². The molecule has 1 aromatic rings. The van der Waals surface area contributed by atoms with E-state index in [1.165, 1.54) is 38.4 Å². The Hall–Kier alpha value is -1.42. The van der Waals surface area contributed by atoms with E-state index < -0.39 is 0 Å². The van der Waals surface area contributed by atoms with Crippen molar-refractivity contribution in [1.82, 2.24) is 9.80 Å². The average Bonchev–Trinajstić information content (AvgIpc) is 3.04. The number of rotatable bonds is 4. The summed E-state index contributed by atoms with van der Waals surface area (Å²) in [5, 5.41) is 0. The number of amides is 1. The number of hydrogen-bond donors (Lipinski definition) is 0. The molecule has 2 saturated heterocycles. The molecule has 0 aliphatic carbocycles. The first kappa shape index (κ1) is 16.4. The van der Waals surface area contributed by atoms with E-state index in [9.17, 15) is 9.18 Å². The molecule has 1 aromatic carbocycles. The Bertz CT molecular complexity index is 554. The summed E-state index contributed by atoms with van der Waals surface area (Å²) in [6.45, 7) is 6.00. The highest BCUT2D eigenvalue weighted by atomic mass is 19.1. The number of aryl methyl sites for hydroxylation is 1. The van der Waals surface area contributed by atoms with E-state index >= 15 is 0 Å². The van der Waals surface area contributed by atoms with E-state index in [1.807, 2.05) is 0 Å². The summed E-state index contributed by atoms with van der Waals surface area (Å²) in [5.41, 5.74) is 1.53. The normalized spacial score (nSPS) is 22.5. The van der Waals surface area contributed by atoms with Crippen molar-refractivity contribution in [2.75, 3.05) is 26.2 Å². The summed E-state index contributed by atoms with van der Waals surface area (Å²) in [6.07, 6.45) is 6.40. The zero-order valence-corrected chi connectivity index (χ0v) is 14.1. The molecule has 1 unspecified atom stereocenters. The van der Waals surface area contributed by atoms with E-state index in [0.29, 0.717) is 18.0 Å². The minimum atomic E-state index is -0.203. The maximum atomic E-state index is 13.4. The van der Waals surface area contributed by atoms with Crippen molar-refractivity contribution in [2.45, 2.75) is 51.5 Å². The van der Waals surface area contributed by atoms with Crippen molar-refractivity contribution < 1.29 is 9.18 Å². The third kappa shape index (κ3) is 4.11. The first-order valence-electron chi connectivity index (χ1n) is 8.90. The van der Waals surface area contributed by atoms with Crippen LogP contribution in [0.15, 0.2) is 18.2 Å². The van der Waals surface area contributed by atoms with Crippen LogP contribution in [0, 0.1) is 12.7 Å². The Balaban J connectivity index is 1.64.